The van der Waals surface area contributed by atoms with Crippen molar-refractivity contribution in [3.8, 4) is 0 Å². The van der Waals surface area contributed by atoms with E-state index in [0.29, 0.717) is 31.2 Å². The maximum atomic E-state index is 13.1. The largest absolute Gasteiger partial charge is 0.390 e. The standard InChI is InChI=1S/C22H14Cl4N2O2/c23-15-7-5-13(18(25)9-15)11-28-20-4-2-1-3-17(20)21(22(28)29)27-30-12-14-6-8-16(24)10-19(14)26/h1-10H,11-12H2/b27-21+. The zero-order chi connectivity index (χ0) is 21.3. The van der Waals surface area contributed by atoms with Crippen LogP contribution in [0.15, 0.2) is 65.8 Å². The van der Waals surface area contributed by atoms with Crippen LogP contribution in [-0.4, -0.2) is 11.6 Å². The molecular weight excluding hydrogens is 466 g/mol. The zero-order valence-electron chi connectivity index (χ0n) is 15.4. The van der Waals surface area contributed by atoms with Crippen LogP contribution in [0.25, 0.3) is 0 Å². The molecule has 1 aliphatic rings. The van der Waals surface area contributed by atoms with Crippen molar-refractivity contribution in [3.63, 3.8) is 0 Å². The first-order valence-electron chi connectivity index (χ1n) is 8.93. The third kappa shape index (κ3) is 4.28. The Hall–Kier alpha value is -2.24. The summed E-state index contributed by atoms with van der Waals surface area (Å²) in [5, 5.41) is 6.15. The van der Waals surface area contributed by atoms with Crippen LogP contribution in [0, 0.1) is 0 Å². The molecule has 30 heavy (non-hydrogen) atoms. The lowest BCUT2D eigenvalue weighted by Gasteiger charge is -2.17. The maximum absolute atomic E-state index is 13.1. The molecule has 3 aromatic carbocycles. The summed E-state index contributed by atoms with van der Waals surface area (Å²) >= 11 is 24.4. The van der Waals surface area contributed by atoms with Crippen LogP contribution < -0.4 is 4.90 Å². The molecule has 1 heterocycles. The maximum Gasteiger partial charge on any atom is 0.281 e. The molecular formula is C22H14Cl4N2O2. The minimum atomic E-state index is -0.274. The van der Waals surface area contributed by atoms with Gasteiger partial charge in [-0.3, -0.25) is 4.79 Å². The van der Waals surface area contributed by atoms with Crippen molar-refractivity contribution < 1.29 is 9.63 Å². The van der Waals surface area contributed by atoms with E-state index in [-0.39, 0.29) is 24.8 Å². The first-order valence-corrected chi connectivity index (χ1v) is 10.4. The van der Waals surface area contributed by atoms with Crippen LogP contribution >= 0.6 is 46.4 Å². The number of benzene rings is 3. The number of hydrogen-bond donors (Lipinski definition) is 0. The molecule has 3 aromatic rings. The Kier molecular flexibility index (Phi) is 6.21. The van der Waals surface area contributed by atoms with E-state index in [1.807, 2.05) is 24.3 Å². The second kappa shape index (κ2) is 8.86. The molecule has 152 valence electrons. The molecule has 0 fully saturated rings. The fourth-order valence-electron chi connectivity index (χ4n) is 3.13. The molecule has 1 amide bonds. The van der Waals surface area contributed by atoms with Crippen molar-refractivity contribution in [2.45, 2.75) is 13.2 Å². The third-order valence-corrected chi connectivity index (χ3v) is 5.81. The van der Waals surface area contributed by atoms with Gasteiger partial charge in [0.25, 0.3) is 5.91 Å². The molecule has 8 heteroatoms. The number of fused-ring (bicyclic) bond motifs is 1. The Balaban J connectivity index is 1.58. The molecule has 0 unspecified atom stereocenters. The fraction of sp³-hybridized carbons (Fsp3) is 0.0909. The van der Waals surface area contributed by atoms with Gasteiger partial charge < -0.3 is 9.74 Å². The zero-order valence-corrected chi connectivity index (χ0v) is 18.4. The average Bonchev–Trinajstić information content (AvgIpc) is 2.97. The predicted octanol–water partition coefficient (Wildman–Crippen LogP) is 6.77. The smallest absolute Gasteiger partial charge is 0.281 e. The molecule has 0 bridgehead atoms. The number of oxime groups is 1. The van der Waals surface area contributed by atoms with E-state index in [2.05, 4.69) is 5.16 Å². The van der Waals surface area contributed by atoms with Crippen LogP contribution in [0.5, 0.6) is 0 Å². The lowest BCUT2D eigenvalue weighted by Crippen LogP contribution is -2.29. The summed E-state index contributed by atoms with van der Waals surface area (Å²) in [5.41, 5.74) is 3.14. The van der Waals surface area contributed by atoms with Crippen molar-refractivity contribution >= 4 is 63.7 Å². The van der Waals surface area contributed by atoms with Gasteiger partial charge in [0.1, 0.15) is 6.61 Å². The van der Waals surface area contributed by atoms with Crippen molar-refractivity contribution in [2.75, 3.05) is 4.90 Å². The molecule has 0 spiro atoms. The summed E-state index contributed by atoms with van der Waals surface area (Å²) in [7, 11) is 0. The molecule has 0 saturated carbocycles. The van der Waals surface area contributed by atoms with Crippen LogP contribution in [0.1, 0.15) is 16.7 Å². The Morgan fingerprint density at radius 3 is 2.13 bits per heavy atom. The Labute approximate surface area is 193 Å². The van der Waals surface area contributed by atoms with Crippen molar-refractivity contribution in [1.82, 2.24) is 0 Å². The summed E-state index contributed by atoms with van der Waals surface area (Å²) in [6.45, 7) is 0.395. The van der Waals surface area contributed by atoms with Crippen molar-refractivity contribution in [3.05, 3.63) is 97.4 Å². The molecule has 4 nitrogen and oxygen atoms in total. The number of para-hydroxylation sites is 1. The first-order chi connectivity index (χ1) is 14.4. The van der Waals surface area contributed by atoms with E-state index in [0.717, 1.165) is 11.3 Å². The van der Waals surface area contributed by atoms with E-state index in [1.54, 1.807) is 41.3 Å². The van der Waals surface area contributed by atoms with Gasteiger partial charge in [0.15, 0.2) is 5.71 Å². The molecule has 0 saturated heterocycles. The van der Waals surface area contributed by atoms with E-state index in [4.69, 9.17) is 51.2 Å². The lowest BCUT2D eigenvalue weighted by molar-refractivity contribution is -0.112. The summed E-state index contributed by atoms with van der Waals surface area (Å²) in [6.07, 6.45) is 0. The average molecular weight is 480 g/mol. The van der Waals surface area contributed by atoms with Crippen molar-refractivity contribution in [1.29, 1.82) is 0 Å². The van der Waals surface area contributed by atoms with Gasteiger partial charge in [-0.2, -0.15) is 0 Å². The highest BCUT2D eigenvalue weighted by atomic mass is 35.5. The van der Waals surface area contributed by atoms with Crippen LogP contribution in [0.2, 0.25) is 20.1 Å². The van der Waals surface area contributed by atoms with Gasteiger partial charge in [0.2, 0.25) is 0 Å². The molecule has 0 N–H and O–H groups in total. The topological polar surface area (TPSA) is 41.9 Å². The van der Waals surface area contributed by atoms with E-state index in [1.165, 1.54) is 0 Å². The number of carbonyl (C=O) groups excluding carboxylic acids is 1. The summed E-state index contributed by atoms with van der Waals surface area (Å²) in [6, 6.07) is 17.7. The monoisotopic (exact) mass is 478 g/mol. The number of nitrogens with zero attached hydrogens (tertiary/aromatic N) is 2. The van der Waals surface area contributed by atoms with Crippen LogP contribution in [-0.2, 0) is 22.8 Å². The fourth-order valence-corrected chi connectivity index (χ4v) is 4.06. The highest BCUT2D eigenvalue weighted by Crippen LogP contribution is 2.32. The Morgan fingerprint density at radius 2 is 1.47 bits per heavy atom. The first kappa shape index (κ1) is 21.0. The second-order valence-electron chi connectivity index (χ2n) is 6.59. The Bertz CT molecular complexity index is 1160. The highest BCUT2D eigenvalue weighted by Gasteiger charge is 2.34. The van der Waals surface area contributed by atoms with Gasteiger partial charge in [-0.1, -0.05) is 81.9 Å². The SMILES string of the molecule is O=C1/C(=N/OCc2ccc(Cl)cc2Cl)c2ccccc2N1Cc1ccc(Cl)cc1Cl. The van der Waals surface area contributed by atoms with Crippen LogP contribution in [0.4, 0.5) is 5.69 Å². The number of amides is 1. The van der Waals surface area contributed by atoms with Gasteiger partial charge in [0.05, 0.1) is 12.2 Å². The summed E-state index contributed by atoms with van der Waals surface area (Å²) in [5.74, 6) is -0.274. The van der Waals surface area contributed by atoms with Gasteiger partial charge in [-0.15, -0.1) is 0 Å². The lowest BCUT2D eigenvalue weighted by atomic mass is 10.1. The second-order valence-corrected chi connectivity index (χ2v) is 8.28. The number of hydrogen-bond acceptors (Lipinski definition) is 3. The number of anilines is 1. The summed E-state index contributed by atoms with van der Waals surface area (Å²) in [4.78, 5) is 20.2. The minimum absolute atomic E-state index is 0.109. The molecule has 1 aliphatic heterocycles. The van der Waals surface area contributed by atoms with Crippen molar-refractivity contribution in [2.24, 2.45) is 5.16 Å². The molecule has 0 atom stereocenters. The highest BCUT2D eigenvalue weighted by molar-refractivity contribution is 6.54. The van der Waals surface area contributed by atoms with Gasteiger partial charge in [-0.25, -0.2) is 0 Å². The van der Waals surface area contributed by atoms with Gasteiger partial charge >= 0.3 is 0 Å². The predicted molar refractivity (Wildman–Crippen MR) is 122 cm³/mol. The van der Waals surface area contributed by atoms with E-state index >= 15 is 0 Å². The minimum Gasteiger partial charge on any atom is -0.390 e. The Morgan fingerprint density at radius 1 is 0.833 bits per heavy atom. The molecule has 0 aromatic heterocycles. The van der Waals surface area contributed by atoms with Crippen LogP contribution in [0.3, 0.4) is 0 Å². The van der Waals surface area contributed by atoms with Gasteiger partial charge in [-0.05, 0) is 35.9 Å². The third-order valence-electron chi connectivity index (χ3n) is 4.63. The van der Waals surface area contributed by atoms with Gasteiger partial charge in [0, 0.05) is 31.2 Å². The van der Waals surface area contributed by atoms with E-state index in [9.17, 15) is 4.79 Å². The molecule has 0 radical (unpaired) electrons. The number of halogens is 4. The molecule has 4 rings (SSSR count). The quantitative estimate of drug-likeness (QED) is 0.379. The molecule has 0 aliphatic carbocycles. The number of carbonyl (C=O) groups is 1. The van der Waals surface area contributed by atoms with E-state index < -0.39 is 0 Å². The normalized spacial score (nSPS) is 14.3. The number of rotatable bonds is 5. The summed E-state index contributed by atoms with van der Waals surface area (Å²) < 4.78 is 0.